The predicted molar refractivity (Wildman–Crippen MR) is 88.4 cm³/mol. The number of aromatic nitrogens is 1. The smallest absolute Gasteiger partial charge is 0.161 e. The number of rotatable bonds is 4. The molecule has 0 amide bonds. The van der Waals surface area contributed by atoms with Crippen molar-refractivity contribution in [3.63, 3.8) is 0 Å². The molecule has 1 aliphatic carbocycles. The normalized spacial score (nSPS) is 15.0. The Balaban J connectivity index is 2.03. The molecular formula is C18H22N2O2. The molecule has 1 saturated carbocycles. The first-order valence-corrected chi connectivity index (χ1v) is 7.71. The summed E-state index contributed by atoms with van der Waals surface area (Å²) in [6.45, 7) is 0. The minimum Gasteiger partial charge on any atom is -0.493 e. The number of nitrogens with zero attached hydrogens (tertiary/aromatic N) is 1. The number of anilines is 1. The summed E-state index contributed by atoms with van der Waals surface area (Å²) in [6.07, 6.45) is 6.77. The molecule has 0 aliphatic heterocycles. The van der Waals surface area contributed by atoms with Gasteiger partial charge in [-0.2, -0.15) is 0 Å². The largest absolute Gasteiger partial charge is 0.493 e. The fourth-order valence-corrected chi connectivity index (χ4v) is 3.27. The lowest BCUT2D eigenvalue weighted by Gasteiger charge is -2.16. The van der Waals surface area contributed by atoms with Crippen LogP contribution in [0, 0.1) is 0 Å². The van der Waals surface area contributed by atoms with Gasteiger partial charge in [0.05, 0.1) is 25.6 Å². The standard InChI is InChI=1S/C18H22N2O2/c1-21-15-8-7-13(11-16(15)22-2)14-9-10-20-18(17(14)19)12-5-3-4-6-12/h7-12H,3-6,19H2,1-2H3. The van der Waals surface area contributed by atoms with Crippen molar-refractivity contribution in [2.45, 2.75) is 31.6 Å². The zero-order valence-electron chi connectivity index (χ0n) is 13.1. The zero-order valence-corrected chi connectivity index (χ0v) is 13.1. The second kappa shape index (κ2) is 6.26. The van der Waals surface area contributed by atoms with Crippen molar-refractivity contribution in [3.05, 3.63) is 36.2 Å². The van der Waals surface area contributed by atoms with Crippen LogP contribution >= 0.6 is 0 Å². The Hall–Kier alpha value is -2.23. The minimum absolute atomic E-state index is 0.500. The van der Waals surface area contributed by atoms with Crippen molar-refractivity contribution in [3.8, 4) is 22.6 Å². The van der Waals surface area contributed by atoms with E-state index < -0.39 is 0 Å². The van der Waals surface area contributed by atoms with Crippen LogP contribution in [-0.4, -0.2) is 19.2 Å². The van der Waals surface area contributed by atoms with Gasteiger partial charge in [0.25, 0.3) is 0 Å². The number of hydrogen-bond donors (Lipinski definition) is 1. The van der Waals surface area contributed by atoms with Crippen LogP contribution in [0.2, 0.25) is 0 Å². The Morgan fingerprint density at radius 2 is 1.77 bits per heavy atom. The van der Waals surface area contributed by atoms with Crippen LogP contribution in [0.1, 0.15) is 37.3 Å². The number of nitrogens with two attached hydrogens (primary N) is 1. The average molecular weight is 298 g/mol. The van der Waals surface area contributed by atoms with Crippen molar-refractivity contribution >= 4 is 5.69 Å². The van der Waals surface area contributed by atoms with Gasteiger partial charge in [0, 0.05) is 17.7 Å². The van der Waals surface area contributed by atoms with Gasteiger partial charge in [0.2, 0.25) is 0 Å². The summed E-state index contributed by atoms with van der Waals surface area (Å²) in [5.74, 6) is 1.92. The first kappa shape index (κ1) is 14.7. The Morgan fingerprint density at radius 1 is 1.05 bits per heavy atom. The third-order valence-electron chi connectivity index (χ3n) is 4.46. The highest BCUT2D eigenvalue weighted by molar-refractivity contribution is 5.79. The van der Waals surface area contributed by atoms with Gasteiger partial charge in [-0.25, -0.2) is 0 Å². The predicted octanol–water partition coefficient (Wildman–Crippen LogP) is 4.01. The van der Waals surface area contributed by atoms with Crippen molar-refractivity contribution < 1.29 is 9.47 Å². The Bertz CT molecular complexity index is 664. The number of nitrogen functional groups attached to an aromatic ring is 1. The molecule has 0 spiro atoms. The van der Waals surface area contributed by atoms with E-state index in [9.17, 15) is 0 Å². The monoisotopic (exact) mass is 298 g/mol. The van der Waals surface area contributed by atoms with Gasteiger partial charge < -0.3 is 15.2 Å². The van der Waals surface area contributed by atoms with Gasteiger partial charge in [0.1, 0.15) is 0 Å². The van der Waals surface area contributed by atoms with Gasteiger partial charge in [-0.05, 0) is 36.6 Å². The van der Waals surface area contributed by atoms with Crippen LogP contribution in [0.4, 0.5) is 5.69 Å². The topological polar surface area (TPSA) is 57.4 Å². The van der Waals surface area contributed by atoms with E-state index in [0.29, 0.717) is 11.7 Å². The van der Waals surface area contributed by atoms with Crippen molar-refractivity contribution in [2.24, 2.45) is 0 Å². The Morgan fingerprint density at radius 3 is 2.45 bits per heavy atom. The SMILES string of the molecule is COc1ccc(-c2ccnc(C3CCCC3)c2N)cc1OC. The summed E-state index contributed by atoms with van der Waals surface area (Å²) in [5.41, 5.74) is 10.3. The number of methoxy groups -OCH3 is 2. The summed E-state index contributed by atoms with van der Waals surface area (Å²) in [6, 6.07) is 7.84. The Kier molecular flexibility index (Phi) is 4.18. The van der Waals surface area contributed by atoms with Crippen LogP contribution in [0.3, 0.4) is 0 Å². The lowest BCUT2D eigenvalue weighted by Crippen LogP contribution is -2.04. The highest BCUT2D eigenvalue weighted by Gasteiger charge is 2.22. The van der Waals surface area contributed by atoms with Crippen molar-refractivity contribution in [1.82, 2.24) is 4.98 Å². The third-order valence-corrected chi connectivity index (χ3v) is 4.46. The number of ether oxygens (including phenoxy) is 2. The molecule has 1 aromatic heterocycles. The molecule has 116 valence electrons. The Labute approximate surface area is 131 Å². The molecule has 4 nitrogen and oxygen atoms in total. The van der Waals surface area contributed by atoms with Crippen LogP contribution < -0.4 is 15.2 Å². The van der Waals surface area contributed by atoms with E-state index in [4.69, 9.17) is 15.2 Å². The maximum absolute atomic E-state index is 6.42. The molecule has 1 aliphatic rings. The molecule has 0 unspecified atom stereocenters. The summed E-state index contributed by atoms with van der Waals surface area (Å²) in [5, 5.41) is 0. The first-order valence-electron chi connectivity index (χ1n) is 7.71. The molecule has 2 aromatic rings. The maximum Gasteiger partial charge on any atom is 0.161 e. The average Bonchev–Trinajstić information content (AvgIpc) is 3.08. The van der Waals surface area contributed by atoms with Gasteiger partial charge in [-0.15, -0.1) is 0 Å². The second-order valence-electron chi connectivity index (χ2n) is 5.71. The fourth-order valence-electron chi connectivity index (χ4n) is 3.27. The van der Waals surface area contributed by atoms with Gasteiger partial charge >= 0.3 is 0 Å². The number of hydrogen-bond acceptors (Lipinski definition) is 4. The molecule has 22 heavy (non-hydrogen) atoms. The molecule has 0 bridgehead atoms. The lowest BCUT2D eigenvalue weighted by atomic mass is 9.96. The number of benzene rings is 1. The van der Waals surface area contributed by atoms with E-state index in [0.717, 1.165) is 28.3 Å². The lowest BCUT2D eigenvalue weighted by molar-refractivity contribution is 0.355. The molecule has 1 fully saturated rings. The van der Waals surface area contributed by atoms with E-state index in [1.54, 1.807) is 14.2 Å². The minimum atomic E-state index is 0.500. The number of pyridine rings is 1. The maximum atomic E-state index is 6.42. The van der Waals surface area contributed by atoms with Gasteiger partial charge in [-0.1, -0.05) is 18.9 Å². The van der Waals surface area contributed by atoms with Gasteiger partial charge in [0.15, 0.2) is 11.5 Å². The summed E-state index contributed by atoms with van der Waals surface area (Å²) in [7, 11) is 3.28. The quantitative estimate of drug-likeness (QED) is 0.926. The molecule has 4 heteroatoms. The van der Waals surface area contributed by atoms with E-state index in [1.807, 2.05) is 30.5 Å². The highest BCUT2D eigenvalue weighted by Crippen LogP contribution is 2.40. The van der Waals surface area contributed by atoms with E-state index >= 15 is 0 Å². The van der Waals surface area contributed by atoms with E-state index in [1.165, 1.54) is 25.7 Å². The van der Waals surface area contributed by atoms with E-state index in [-0.39, 0.29) is 0 Å². The van der Waals surface area contributed by atoms with Crippen molar-refractivity contribution in [1.29, 1.82) is 0 Å². The summed E-state index contributed by atoms with van der Waals surface area (Å²) < 4.78 is 10.7. The van der Waals surface area contributed by atoms with Crippen LogP contribution in [-0.2, 0) is 0 Å². The van der Waals surface area contributed by atoms with Crippen LogP contribution in [0.15, 0.2) is 30.5 Å². The highest BCUT2D eigenvalue weighted by atomic mass is 16.5. The van der Waals surface area contributed by atoms with E-state index in [2.05, 4.69) is 4.98 Å². The molecule has 0 radical (unpaired) electrons. The summed E-state index contributed by atoms with van der Waals surface area (Å²) in [4.78, 5) is 4.54. The molecular weight excluding hydrogens is 276 g/mol. The summed E-state index contributed by atoms with van der Waals surface area (Å²) >= 11 is 0. The van der Waals surface area contributed by atoms with Crippen molar-refractivity contribution in [2.75, 3.05) is 20.0 Å². The molecule has 1 aromatic carbocycles. The fraction of sp³-hybridized carbons (Fsp3) is 0.389. The van der Waals surface area contributed by atoms with Crippen LogP contribution in [0.5, 0.6) is 11.5 Å². The van der Waals surface area contributed by atoms with Gasteiger partial charge in [-0.3, -0.25) is 4.98 Å². The second-order valence-corrected chi connectivity index (χ2v) is 5.71. The molecule has 0 atom stereocenters. The molecule has 0 saturated heterocycles. The zero-order chi connectivity index (χ0) is 15.5. The molecule has 3 rings (SSSR count). The molecule has 2 N–H and O–H groups in total. The molecule has 1 heterocycles. The van der Waals surface area contributed by atoms with Crippen LogP contribution in [0.25, 0.3) is 11.1 Å². The third kappa shape index (κ3) is 2.61. The first-order chi connectivity index (χ1) is 10.7.